The molecule has 0 spiro atoms. The van der Waals surface area contributed by atoms with Gasteiger partial charge in [0, 0.05) is 12.7 Å². The number of hydrogen-bond acceptors (Lipinski definition) is 7. The molecule has 2 atom stereocenters. The van der Waals surface area contributed by atoms with E-state index >= 15 is 0 Å². The molecule has 1 N–H and O–H groups in total. The highest BCUT2D eigenvalue weighted by Gasteiger charge is 2.23. The lowest BCUT2D eigenvalue weighted by Gasteiger charge is -2.23. The monoisotopic (exact) mass is 357 g/mol. The number of hydrogen-bond donors (Lipinski definition) is 1. The maximum absolute atomic E-state index is 11.9. The second kappa shape index (κ2) is 10.2. The number of aldehydes is 1. The van der Waals surface area contributed by atoms with Crippen LogP contribution in [0.5, 0.6) is 11.5 Å². The van der Waals surface area contributed by atoms with Crippen molar-refractivity contribution in [1.29, 1.82) is 0 Å². The van der Waals surface area contributed by atoms with Crippen molar-refractivity contribution in [3.8, 4) is 11.5 Å². The molecule has 1 aromatic carbocycles. The molecule has 0 heterocycles. The highest BCUT2D eigenvalue weighted by Crippen LogP contribution is 2.39. The summed E-state index contributed by atoms with van der Waals surface area (Å²) >= 11 is 0. The van der Waals surface area contributed by atoms with Gasteiger partial charge in [-0.2, -0.15) is 0 Å². The zero-order valence-corrected chi connectivity index (χ0v) is 15.5. The number of carbonyl (C=O) groups excluding carboxylic acids is 2. The van der Waals surface area contributed by atoms with E-state index in [0.29, 0.717) is 17.1 Å². The third kappa shape index (κ3) is 6.43. The van der Waals surface area contributed by atoms with E-state index in [1.807, 2.05) is 0 Å². The van der Waals surface area contributed by atoms with Crippen LogP contribution in [0.1, 0.15) is 31.1 Å². The summed E-state index contributed by atoms with van der Waals surface area (Å²) < 4.78 is 21.4. The molecular formula is C16H24NO6P. The number of nitrogens with one attached hydrogen (secondary N) is 1. The van der Waals surface area contributed by atoms with Crippen LogP contribution in [0.25, 0.3) is 0 Å². The van der Waals surface area contributed by atoms with Gasteiger partial charge in [0.2, 0.25) is 0 Å². The van der Waals surface area contributed by atoms with E-state index in [0.717, 1.165) is 6.29 Å². The average Bonchev–Trinajstić information content (AvgIpc) is 2.54. The summed E-state index contributed by atoms with van der Waals surface area (Å²) in [7, 11) is 1.73. The molecule has 0 radical (unpaired) electrons. The minimum Gasteiger partial charge on any atom is -0.493 e. The highest BCUT2D eigenvalue weighted by molar-refractivity contribution is 7.50. The number of methoxy groups -OCH3 is 2. The Labute approximate surface area is 143 Å². The molecule has 0 saturated carbocycles. The molecule has 0 saturated heterocycles. The molecule has 1 unspecified atom stereocenters. The third-order valence-corrected chi connectivity index (χ3v) is 4.41. The molecule has 134 valence electrons. The van der Waals surface area contributed by atoms with Gasteiger partial charge in [-0.1, -0.05) is 0 Å². The molecule has 7 nitrogen and oxygen atoms in total. The van der Waals surface area contributed by atoms with Crippen LogP contribution in [0.4, 0.5) is 0 Å². The van der Waals surface area contributed by atoms with Crippen LogP contribution in [0, 0.1) is 0 Å². The summed E-state index contributed by atoms with van der Waals surface area (Å²) in [6.07, 6.45) is 0.812. The molecule has 0 aliphatic rings. The standard InChI is InChI=1S/C16H24NO6P/c1-11(2)22-16(19)12(3)17-24(10-20-4)23-14-7-6-13(9-18)8-15(14)21-5/h6-9,11-12,17H,10H2,1-5H3/t12-,24?/m0/s1. The van der Waals surface area contributed by atoms with Gasteiger partial charge in [0.1, 0.15) is 18.7 Å². The van der Waals surface area contributed by atoms with Crippen LogP contribution in [-0.2, 0) is 14.3 Å². The quantitative estimate of drug-likeness (QED) is 0.392. The Kier molecular flexibility index (Phi) is 8.68. The summed E-state index contributed by atoms with van der Waals surface area (Å²) in [6.45, 7) is 5.28. The predicted octanol–water partition coefficient (Wildman–Crippen LogP) is 2.73. The molecule has 0 bridgehead atoms. The lowest BCUT2D eigenvalue weighted by Crippen LogP contribution is -2.35. The maximum Gasteiger partial charge on any atom is 0.323 e. The van der Waals surface area contributed by atoms with Crippen LogP contribution in [0.2, 0.25) is 0 Å². The van der Waals surface area contributed by atoms with Crippen molar-refractivity contribution in [3.05, 3.63) is 23.8 Å². The summed E-state index contributed by atoms with van der Waals surface area (Å²) in [5.41, 5.74) is 0.483. The van der Waals surface area contributed by atoms with Crippen molar-refractivity contribution >= 4 is 20.6 Å². The van der Waals surface area contributed by atoms with E-state index in [4.69, 9.17) is 18.7 Å². The lowest BCUT2D eigenvalue weighted by atomic mass is 10.2. The molecule has 1 rings (SSSR count). The van der Waals surface area contributed by atoms with Gasteiger partial charge in [0.05, 0.1) is 13.2 Å². The van der Waals surface area contributed by atoms with Crippen molar-refractivity contribution in [2.45, 2.75) is 32.9 Å². The van der Waals surface area contributed by atoms with Gasteiger partial charge < -0.3 is 18.7 Å². The van der Waals surface area contributed by atoms with E-state index in [9.17, 15) is 9.59 Å². The first-order chi connectivity index (χ1) is 11.4. The number of esters is 1. The van der Waals surface area contributed by atoms with E-state index in [-0.39, 0.29) is 18.4 Å². The van der Waals surface area contributed by atoms with Gasteiger partial charge in [-0.15, -0.1) is 0 Å². The fourth-order valence-electron chi connectivity index (χ4n) is 1.76. The van der Waals surface area contributed by atoms with E-state index in [1.165, 1.54) is 7.11 Å². The highest BCUT2D eigenvalue weighted by atomic mass is 31.2. The molecule has 24 heavy (non-hydrogen) atoms. The normalized spacial score (nSPS) is 13.2. The molecule has 8 heteroatoms. The molecule has 1 aromatic rings. The zero-order valence-electron chi connectivity index (χ0n) is 14.6. The minimum atomic E-state index is -1.31. The Hall–Kier alpha value is -1.69. The summed E-state index contributed by atoms with van der Waals surface area (Å²) in [6, 6.07) is 4.31. The van der Waals surface area contributed by atoms with Gasteiger partial charge in [0.25, 0.3) is 0 Å². The second-order valence-electron chi connectivity index (χ2n) is 5.25. The summed E-state index contributed by atoms with van der Waals surface area (Å²) in [4.78, 5) is 22.8. The van der Waals surface area contributed by atoms with Crippen molar-refractivity contribution in [2.75, 3.05) is 20.6 Å². The minimum absolute atomic E-state index is 0.188. The molecule has 0 aliphatic heterocycles. The van der Waals surface area contributed by atoms with Gasteiger partial charge in [-0.3, -0.25) is 9.59 Å². The maximum atomic E-state index is 11.9. The van der Waals surface area contributed by atoms with Gasteiger partial charge >= 0.3 is 5.97 Å². The first-order valence-corrected chi connectivity index (χ1v) is 8.90. The Bertz CT molecular complexity index is 551. The topological polar surface area (TPSA) is 83.1 Å². The number of rotatable bonds is 10. The summed E-state index contributed by atoms with van der Waals surface area (Å²) in [5.74, 6) is 0.533. The van der Waals surface area contributed by atoms with Crippen LogP contribution in [-0.4, -0.2) is 45.0 Å². The average molecular weight is 357 g/mol. The van der Waals surface area contributed by atoms with E-state index in [1.54, 1.807) is 46.1 Å². The zero-order chi connectivity index (χ0) is 18.1. The molecule has 0 aromatic heterocycles. The first kappa shape index (κ1) is 20.4. The second-order valence-corrected chi connectivity index (χ2v) is 6.71. The summed E-state index contributed by atoms with van der Waals surface area (Å²) in [5, 5.41) is 3.07. The van der Waals surface area contributed by atoms with Gasteiger partial charge in [-0.25, -0.2) is 5.09 Å². The third-order valence-electron chi connectivity index (χ3n) is 2.82. The van der Waals surface area contributed by atoms with Crippen molar-refractivity contribution in [1.82, 2.24) is 5.09 Å². The Morgan fingerprint density at radius 1 is 1.25 bits per heavy atom. The first-order valence-electron chi connectivity index (χ1n) is 7.45. The van der Waals surface area contributed by atoms with E-state index in [2.05, 4.69) is 5.09 Å². The Balaban J connectivity index is 2.82. The predicted molar refractivity (Wildman–Crippen MR) is 91.6 cm³/mol. The van der Waals surface area contributed by atoms with Gasteiger partial charge in [0.15, 0.2) is 19.8 Å². The lowest BCUT2D eigenvalue weighted by molar-refractivity contribution is -0.148. The number of benzene rings is 1. The SMILES string of the molecule is COCP(N[C@@H](C)C(=O)OC(C)C)Oc1ccc(C=O)cc1OC. The largest absolute Gasteiger partial charge is 0.493 e. The number of carbonyl (C=O) groups is 2. The van der Waals surface area contributed by atoms with Crippen LogP contribution < -0.4 is 14.3 Å². The van der Waals surface area contributed by atoms with Crippen molar-refractivity contribution < 1.29 is 28.3 Å². The fourth-order valence-corrected chi connectivity index (χ4v) is 3.10. The molecular weight excluding hydrogens is 333 g/mol. The van der Waals surface area contributed by atoms with Crippen molar-refractivity contribution in [3.63, 3.8) is 0 Å². The fraction of sp³-hybridized carbons (Fsp3) is 0.500. The smallest absolute Gasteiger partial charge is 0.323 e. The number of ether oxygens (including phenoxy) is 3. The van der Waals surface area contributed by atoms with Crippen LogP contribution in [0.15, 0.2) is 18.2 Å². The Morgan fingerprint density at radius 3 is 2.50 bits per heavy atom. The molecule has 0 fully saturated rings. The van der Waals surface area contributed by atoms with E-state index < -0.39 is 14.3 Å². The Morgan fingerprint density at radius 2 is 1.96 bits per heavy atom. The van der Waals surface area contributed by atoms with Crippen LogP contribution in [0.3, 0.4) is 0 Å². The van der Waals surface area contributed by atoms with Gasteiger partial charge in [-0.05, 0) is 39.0 Å². The molecule has 0 aliphatic carbocycles. The molecule has 0 amide bonds. The van der Waals surface area contributed by atoms with Crippen molar-refractivity contribution in [2.24, 2.45) is 0 Å². The van der Waals surface area contributed by atoms with Crippen LogP contribution >= 0.6 is 8.30 Å².